The predicted molar refractivity (Wildman–Crippen MR) is 133 cm³/mol. The van der Waals surface area contributed by atoms with Crippen LogP contribution in [0, 0.1) is 0 Å². The average molecular weight is 585 g/mol. The van der Waals surface area contributed by atoms with Gasteiger partial charge in [0, 0.05) is 75.2 Å². The third-order valence-electron chi connectivity index (χ3n) is 4.51. The van der Waals surface area contributed by atoms with Crippen molar-refractivity contribution in [3.63, 3.8) is 0 Å². The molecule has 2 heterocycles. The molecule has 2 aliphatic rings. The van der Waals surface area contributed by atoms with Crippen LogP contribution in [0.1, 0.15) is 12.8 Å². The zero-order valence-electron chi connectivity index (χ0n) is 17.6. The molecular weight excluding hydrogens is 551 g/mol. The summed E-state index contributed by atoms with van der Waals surface area (Å²) in [4.78, 5) is 0. The van der Waals surface area contributed by atoms with Crippen LogP contribution >= 0.6 is 73.3 Å². The number of hydrogen-bond acceptors (Lipinski definition) is 4. The van der Waals surface area contributed by atoms with Crippen molar-refractivity contribution < 1.29 is 18.2 Å². The van der Waals surface area contributed by atoms with Gasteiger partial charge < -0.3 is 9.05 Å². The minimum absolute atomic E-state index is 0.402. The van der Waals surface area contributed by atoms with Crippen molar-refractivity contribution in [2.75, 3.05) is 88.4 Å². The summed E-state index contributed by atoms with van der Waals surface area (Å²) in [5.74, 6) is 2.11. The van der Waals surface area contributed by atoms with Crippen LogP contribution in [0.5, 0.6) is 0 Å². The van der Waals surface area contributed by atoms with Crippen LogP contribution in [0.4, 0.5) is 0 Å². The summed E-state index contributed by atoms with van der Waals surface area (Å²) in [7, 11) is -5.81. The number of hydrogen-bond donors (Lipinski definition) is 1. The lowest BCUT2D eigenvalue weighted by molar-refractivity contribution is 0.171. The maximum Gasteiger partial charge on any atom is 0.346 e. The third-order valence-corrected chi connectivity index (χ3v) is 10.4. The van der Waals surface area contributed by atoms with Gasteiger partial charge in [0.05, 0.1) is 13.2 Å². The fraction of sp³-hybridized carbons (Fsp3) is 1.00. The Morgan fingerprint density at radius 2 is 1.32 bits per heavy atom. The standard InChI is InChI=1S/C9H18Cl3N2O2P.C7H15Cl2N2O2P/c10-2-6-13-5-1-9-16-17(13,15)14(7-3-11)8-4-12;8-2-4-10-14(12)11(6-3-9)5-1-7-13-14/h1-9H2;1-7H2,(H,10,12). The van der Waals surface area contributed by atoms with Crippen molar-refractivity contribution in [3.8, 4) is 0 Å². The van der Waals surface area contributed by atoms with Crippen molar-refractivity contribution >= 4 is 73.3 Å². The second-order valence-electron chi connectivity index (χ2n) is 6.60. The number of alkyl halides is 5. The monoisotopic (exact) mass is 582 g/mol. The Kier molecular flexibility index (Phi) is 17.0. The van der Waals surface area contributed by atoms with E-state index >= 15 is 0 Å². The minimum atomic E-state index is -2.97. The van der Waals surface area contributed by atoms with Gasteiger partial charge in [0.2, 0.25) is 0 Å². The van der Waals surface area contributed by atoms with Gasteiger partial charge in [-0.3, -0.25) is 9.13 Å². The Balaban J connectivity index is 0.000000316. The topological polar surface area (TPSA) is 74.3 Å². The van der Waals surface area contributed by atoms with Gasteiger partial charge in [0.15, 0.2) is 0 Å². The highest BCUT2D eigenvalue weighted by Crippen LogP contribution is 2.56. The largest absolute Gasteiger partial charge is 0.346 e. The highest BCUT2D eigenvalue weighted by molar-refractivity contribution is 7.54. The molecule has 0 radical (unpaired) electrons. The highest BCUT2D eigenvalue weighted by Gasteiger charge is 2.40. The summed E-state index contributed by atoms with van der Waals surface area (Å²) in [6, 6.07) is 0. The van der Waals surface area contributed by atoms with Gasteiger partial charge in [-0.1, -0.05) is 0 Å². The Hall–Kier alpha value is 1.67. The molecule has 0 aromatic heterocycles. The molecule has 2 fully saturated rings. The van der Waals surface area contributed by atoms with Crippen LogP contribution in [0.15, 0.2) is 0 Å². The number of nitrogens with one attached hydrogen (secondary N) is 1. The van der Waals surface area contributed by atoms with E-state index in [1.807, 2.05) is 4.67 Å². The van der Waals surface area contributed by atoms with E-state index in [1.54, 1.807) is 9.34 Å². The maximum absolute atomic E-state index is 12.9. The summed E-state index contributed by atoms with van der Waals surface area (Å²) in [5.41, 5.74) is 0. The molecule has 0 aliphatic carbocycles. The first-order chi connectivity index (χ1) is 14.9. The van der Waals surface area contributed by atoms with E-state index in [4.69, 9.17) is 67.1 Å². The minimum Gasteiger partial charge on any atom is -0.306 e. The van der Waals surface area contributed by atoms with Gasteiger partial charge in [-0.25, -0.2) is 19.1 Å². The van der Waals surface area contributed by atoms with Crippen LogP contribution in [-0.4, -0.2) is 102 Å². The van der Waals surface area contributed by atoms with Crippen molar-refractivity contribution in [1.29, 1.82) is 0 Å². The van der Waals surface area contributed by atoms with Crippen LogP contribution in [0.3, 0.4) is 0 Å². The zero-order valence-corrected chi connectivity index (χ0v) is 23.1. The molecule has 15 heteroatoms. The Labute approximate surface area is 211 Å². The molecule has 0 aromatic carbocycles. The van der Waals surface area contributed by atoms with Crippen molar-refractivity contribution in [2.45, 2.75) is 12.8 Å². The number of rotatable bonds is 12. The smallest absolute Gasteiger partial charge is 0.306 e. The summed E-state index contributed by atoms with van der Waals surface area (Å²) in [6.45, 7) is 5.17. The van der Waals surface area contributed by atoms with Gasteiger partial charge in [-0.05, 0) is 12.8 Å². The number of halogens is 5. The van der Waals surface area contributed by atoms with Crippen LogP contribution in [-0.2, 0) is 18.2 Å². The molecule has 1 N–H and O–H groups in total. The maximum atomic E-state index is 12.9. The van der Waals surface area contributed by atoms with E-state index in [9.17, 15) is 9.13 Å². The SMILES string of the molecule is O=P1(N(CCCl)CCCl)OCCCN1CCCl.O=P1(NCCCl)OCCCN1CCCl. The molecule has 2 rings (SSSR count). The van der Waals surface area contributed by atoms with Gasteiger partial charge in [0.25, 0.3) is 0 Å². The van der Waals surface area contributed by atoms with Crippen molar-refractivity contribution in [3.05, 3.63) is 0 Å². The highest BCUT2D eigenvalue weighted by atomic mass is 35.5. The first-order valence-electron chi connectivity index (χ1n) is 10.2. The molecule has 2 unspecified atom stereocenters. The molecule has 2 saturated heterocycles. The lowest BCUT2D eigenvalue weighted by Gasteiger charge is -2.40. The second kappa shape index (κ2) is 17.2. The molecule has 0 amide bonds. The first kappa shape index (κ1) is 30.7. The van der Waals surface area contributed by atoms with E-state index in [2.05, 4.69) is 5.09 Å². The van der Waals surface area contributed by atoms with Gasteiger partial charge >= 0.3 is 15.3 Å². The molecule has 0 aromatic rings. The molecular formula is C16H33Cl5N4O4P2. The van der Waals surface area contributed by atoms with Crippen LogP contribution in [0.25, 0.3) is 0 Å². The van der Waals surface area contributed by atoms with Gasteiger partial charge in [-0.15, -0.1) is 58.0 Å². The molecule has 0 bridgehead atoms. The number of nitrogens with zero attached hydrogens (tertiary/aromatic N) is 3. The fourth-order valence-electron chi connectivity index (χ4n) is 3.11. The predicted octanol–water partition coefficient (Wildman–Crippen LogP) is 4.72. The van der Waals surface area contributed by atoms with Gasteiger partial charge in [-0.2, -0.15) is 0 Å². The summed E-state index contributed by atoms with van der Waals surface area (Å²) in [5, 5.41) is 2.85. The fourth-order valence-corrected chi connectivity index (χ4v) is 9.12. The summed E-state index contributed by atoms with van der Waals surface area (Å²) in [6.07, 6.45) is 1.76. The molecule has 0 spiro atoms. The third kappa shape index (κ3) is 10.0. The molecule has 2 atom stereocenters. The molecule has 186 valence electrons. The quantitative estimate of drug-likeness (QED) is 0.261. The Bertz CT molecular complexity index is 574. The van der Waals surface area contributed by atoms with Crippen molar-refractivity contribution in [2.24, 2.45) is 0 Å². The van der Waals surface area contributed by atoms with E-state index in [0.29, 0.717) is 75.3 Å². The van der Waals surface area contributed by atoms with E-state index < -0.39 is 15.3 Å². The van der Waals surface area contributed by atoms with Crippen LogP contribution < -0.4 is 5.09 Å². The van der Waals surface area contributed by atoms with E-state index in [-0.39, 0.29) is 0 Å². The van der Waals surface area contributed by atoms with Gasteiger partial charge in [0.1, 0.15) is 0 Å². The first-order valence-corrected chi connectivity index (χ1v) is 16.0. The summed E-state index contributed by atoms with van der Waals surface area (Å²) >= 11 is 28.3. The van der Waals surface area contributed by atoms with Crippen LogP contribution in [0.2, 0.25) is 0 Å². The lowest BCUT2D eigenvalue weighted by Crippen LogP contribution is -2.39. The van der Waals surface area contributed by atoms with E-state index in [0.717, 1.165) is 25.9 Å². The lowest BCUT2D eigenvalue weighted by atomic mass is 10.4. The molecule has 2 aliphatic heterocycles. The normalized spacial score (nSPS) is 27.8. The molecule has 31 heavy (non-hydrogen) atoms. The Morgan fingerprint density at radius 1 is 0.774 bits per heavy atom. The second-order valence-corrected chi connectivity index (χ2v) is 13.0. The zero-order chi connectivity index (χ0) is 23.2. The van der Waals surface area contributed by atoms with Crippen molar-refractivity contribution in [1.82, 2.24) is 19.1 Å². The van der Waals surface area contributed by atoms with E-state index in [1.165, 1.54) is 0 Å². The molecule has 8 nitrogen and oxygen atoms in total. The summed E-state index contributed by atoms with van der Waals surface area (Å²) < 4.78 is 41.2. The molecule has 0 saturated carbocycles. The Morgan fingerprint density at radius 3 is 1.87 bits per heavy atom. The average Bonchev–Trinajstić information content (AvgIpc) is 2.76.